The number of phenolic OH excluding ortho intramolecular Hbond substituents is 1. The second kappa shape index (κ2) is 5.63. The predicted molar refractivity (Wildman–Crippen MR) is 71.9 cm³/mol. The third-order valence-electron chi connectivity index (χ3n) is 2.72. The topological polar surface area (TPSA) is 32.3 Å². The van der Waals surface area contributed by atoms with Gasteiger partial charge < -0.3 is 10.4 Å². The smallest absolute Gasteiger partial charge is 0.416 e. The van der Waals surface area contributed by atoms with E-state index in [9.17, 15) is 18.3 Å². The maximum Gasteiger partial charge on any atom is 0.416 e. The van der Waals surface area contributed by atoms with Gasteiger partial charge >= 0.3 is 6.18 Å². The zero-order chi connectivity index (χ0) is 14.8. The second-order valence-corrected chi connectivity index (χ2v) is 4.59. The molecular weight excluding hydrogens is 291 g/mol. The van der Waals surface area contributed by atoms with Crippen LogP contribution in [0.3, 0.4) is 0 Å². The van der Waals surface area contributed by atoms with Gasteiger partial charge in [-0.2, -0.15) is 13.2 Å². The molecule has 0 fully saturated rings. The highest BCUT2D eigenvalue weighted by Gasteiger charge is 2.30. The number of benzene rings is 2. The van der Waals surface area contributed by atoms with Crippen LogP contribution in [0.2, 0.25) is 5.02 Å². The van der Waals surface area contributed by atoms with Crippen LogP contribution in [0.1, 0.15) is 11.1 Å². The monoisotopic (exact) mass is 301 g/mol. The molecule has 2 nitrogen and oxygen atoms in total. The third-order valence-corrected chi connectivity index (χ3v) is 3.03. The Hall–Kier alpha value is -1.88. The number of aromatic hydroxyl groups is 1. The molecule has 2 N–H and O–H groups in total. The minimum Gasteiger partial charge on any atom is -0.504 e. The summed E-state index contributed by atoms with van der Waals surface area (Å²) >= 11 is 5.74. The number of phenols is 1. The standard InChI is InChI=1S/C14H11ClF3NO/c15-11-5-2-6-12(13(11)20)19-8-9-3-1-4-10(7-9)14(16,17)18/h1-7,19-20H,8H2. The van der Waals surface area contributed by atoms with E-state index in [0.29, 0.717) is 11.3 Å². The lowest BCUT2D eigenvalue weighted by atomic mass is 10.1. The van der Waals surface area contributed by atoms with Crippen molar-refractivity contribution in [1.82, 2.24) is 0 Å². The molecule has 0 saturated carbocycles. The van der Waals surface area contributed by atoms with Crippen LogP contribution in [0.4, 0.5) is 18.9 Å². The third kappa shape index (κ3) is 3.36. The molecule has 106 valence electrons. The summed E-state index contributed by atoms with van der Waals surface area (Å²) in [6.45, 7) is 0.151. The fraction of sp³-hybridized carbons (Fsp3) is 0.143. The zero-order valence-corrected chi connectivity index (χ0v) is 11.0. The van der Waals surface area contributed by atoms with Gasteiger partial charge in [0, 0.05) is 6.54 Å². The highest BCUT2D eigenvalue weighted by molar-refractivity contribution is 6.32. The fourth-order valence-corrected chi connectivity index (χ4v) is 1.89. The van der Waals surface area contributed by atoms with Crippen molar-refractivity contribution < 1.29 is 18.3 Å². The Labute approximate surface area is 118 Å². The van der Waals surface area contributed by atoms with Crippen molar-refractivity contribution in [3.05, 3.63) is 58.6 Å². The number of hydrogen-bond donors (Lipinski definition) is 2. The summed E-state index contributed by atoms with van der Waals surface area (Å²) in [7, 11) is 0. The number of alkyl halides is 3. The van der Waals surface area contributed by atoms with Gasteiger partial charge in [-0.15, -0.1) is 0 Å². The van der Waals surface area contributed by atoms with Gasteiger partial charge in [0.1, 0.15) is 0 Å². The van der Waals surface area contributed by atoms with E-state index in [4.69, 9.17) is 11.6 Å². The molecular formula is C14H11ClF3NO. The predicted octanol–water partition coefficient (Wildman–Crippen LogP) is 4.68. The molecule has 0 saturated heterocycles. The highest BCUT2D eigenvalue weighted by Crippen LogP contribution is 2.32. The summed E-state index contributed by atoms with van der Waals surface area (Å²) in [6.07, 6.45) is -4.37. The number of nitrogens with one attached hydrogen (secondary N) is 1. The summed E-state index contributed by atoms with van der Waals surface area (Å²) in [5.74, 6) is -0.124. The van der Waals surface area contributed by atoms with E-state index in [-0.39, 0.29) is 17.3 Å². The van der Waals surface area contributed by atoms with Gasteiger partial charge in [0.15, 0.2) is 5.75 Å². The lowest BCUT2D eigenvalue weighted by molar-refractivity contribution is -0.137. The Morgan fingerprint density at radius 2 is 1.80 bits per heavy atom. The summed E-state index contributed by atoms with van der Waals surface area (Å²) < 4.78 is 37.7. The lowest BCUT2D eigenvalue weighted by Crippen LogP contribution is -2.06. The Balaban J connectivity index is 2.13. The summed E-state index contributed by atoms with van der Waals surface area (Å²) in [6, 6.07) is 9.74. The molecule has 0 atom stereocenters. The second-order valence-electron chi connectivity index (χ2n) is 4.19. The van der Waals surface area contributed by atoms with E-state index in [2.05, 4.69) is 5.32 Å². The van der Waals surface area contributed by atoms with E-state index in [0.717, 1.165) is 12.1 Å². The van der Waals surface area contributed by atoms with Crippen LogP contribution in [0.15, 0.2) is 42.5 Å². The summed E-state index contributed by atoms with van der Waals surface area (Å²) in [4.78, 5) is 0. The van der Waals surface area contributed by atoms with Crippen LogP contribution in [0.25, 0.3) is 0 Å². The van der Waals surface area contributed by atoms with Crippen molar-refractivity contribution >= 4 is 17.3 Å². The first-order chi connectivity index (χ1) is 9.38. The number of halogens is 4. The molecule has 0 bridgehead atoms. The van der Waals surface area contributed by atoms with Crippen LogP contribution in [-0.4, -0.2) is 5.11 Å². The van der Waals surface area contributed by atoms with Gasteiger partial charge in [-0.25, -0.2) is 0 Å². The minimum absolute atomic E-state index is 0.124. The van der Waals surface area contributed by atoms with Gasteiger partial charge in [0.05, 0.1) is 16.3 Å². The quantitative estimate of drug-likeness (QED) is 0.807. The molecule has 2 aromatic carbocycles. The van der Waals surface area contributed by atoms with E-state index in [1.165, 1.54) is 12.1 Å². The largest absolute Gasteiger partial charge is 0.504 e. The normalized spacial score (nSPS) is 11.4. The number of rotatable bonds is 3. The average Bonchev–Trinajstić information content (AvgIpc) is 2.40. The van der Waals surface area contributed by atoms with Gasteiger partial charge in [-0.05, 0) is 29.8 Å². The Morgan fingerprint density at radius 1 is 1.10 bits per heavy atom. The van der Waals surface area contributed by atoms with Crippen LogP contribution >= 0.6 is 11.6 Å². The first-order valence-electron chi connectivity index (χ1n) is 5.75. The molecule has 20 heavy (non-hydrogen) atoms. The van der Waals surface area contributed by atoms with Crippen molar-refractivity contribution in [2.75, 3.05) is 5.32 Å². The Bertz CT molecular complexity index is 614. The number of anilines is 1. The molecule has 6 heteroatoms. The molecule has 0 aliphatic rings. The molecule has 0 radical (unpaired) electrons. The summed E-state index contributed by atoms with van der Waals surface area (Å²) in [5, 5.41) is 12.7. The van der Waals surface area contributed by atoms with Crippen molar-refractivity contribution in [2.45, 2.75) is 12.7 Å². The molecule has 0 aliphatic heterocycles. The molecule has 0 spiro atoms. The number of hydrogen-bond acceptors (Lipinski definition) is 2. The van der Waals surface area contributed by atoms with E-state index < -0.39 is 11.7 Å². The molecule has 2 rings (SSSR count). The number of para-hydroxylation sites is 1. The van der Waals surface area contributed by atoms with Gasteiger partial charge in [-0.3, -0.25) is 0 Å². The molecule has 0 unspecified atom stereocenters. The minimum atomic E-state index is -4.37. The summed E-state index contributed by atoms with van der Waals surface area (Å²) in [5.41, 5.74) is 0.126. The van der Waals surface area contributed by atoms with Crippen LogP contribution in [0.5, 0.6) is 5.75 Å². The van der Waals surface area contributed by atoms with Crippen molar-refractivity contribution in [2.24, 2.45) is 0 Å². The van der Waals surface area contributed by atoms with Gasteiger partial charge in [0.2, 0.25) is 0 Å². The lowest BCUT2D eigenvalue weighted by Gasteiger charge is -2.11. The Kier molecular flexibility index (Phi) is 4.09. The van der Waals surface area contributed by atoms with Crippen LogP contribution < -0.4 is 5.32 Å². The SMILES string of the molecule is Oc1c(Cl)cccc1NCc1cccc(C(F)(F)F)c1. The van der Waals surface area contributed by atoms with Gasteiger partial charge in [-0.1, -0.05) is 29.8 Å². The average molecular weight is 302 g/mol. The van der Waals surface area contributed by atoms with Crippen LogP contribution in [0, 0.1) is 0 Å². The molecule has 2 aromatic rings. The molecule has 0 aliphatic carbocycles. The van der Waals surface area contributed by atoms with E-state index in [1.54, 1.807) is 18.2 Å². The highest BCUT2D eigenvalue weighted by atomic mass is 35.5. The fourth-order valence-electron chi connectivity index (χ4n) is 1.71. The first kappa shape index (κ1) is 14.5. The van der Waals surface area contributed by atoms with Crippen molar-refractivity contribution in [1.29, 1.82) is 0 Å². The zero-order valence-electron chi connectivity index (χ0n) is 10.2. The molecule has 0 aromatic heterocycles. The van der Waals surface area contributed by atoms with Gasteiger partial charge in [0.25, 0.3) is 0 Å². The van der Waals surface area contributed by atoms with Crippen molar-refractivity contribution in [3.8, 4) is 5.75 Å². The maximum absolute atomic E-state index is 12.6. The first-order valence-corrected chi connectivity index (χ1v) is 6.13. The van der Waals surface area contributed by atoms with E-state index in [1.807, 2.05) is 0 Å². The van der Waals surface area contributed by atoms with Crippen LogP contribution in [-0.2, 0) is 12.7 Å². The Morgan fingerprint density at radius 3 is 2.50 bits per heavy atom. The molecule has 0 amide bonds. The van der Waals surface area contributed by atoms with Crippen molar-refractivity contribution in [3.63, 3.8) is 0 Å². The van der Waals surface area contributed by atoms with E-state index >= 15 is 0 Å². The maximum atomic E-state index is 12.6. The molecule has 0 heterocycles.